The third-order valence-corrected chi connectivity index (χ3v) is 4.80. The number of hydrazine groups is 1. The van der Waals surface area contributed by atoms with Gasteiger partial charge in [-0.2, -0.15) is 0 Å². The van der Waals surface area contributed by atoms with Crippen LogP contribution < -0.4 is 5.84 Å². The summed E-state index contributed by atoms with van der Waals surface area (Å²) in [6, 6.07) is 0. The van der Waals surface area contributed by atoms with E-state index in [-0.39, 0.29) is 5.97 Å². The largest absolute Gasteiger partial charge is 0.463 e. The minimum absolute atomic E-state index is 0.340. The van der Waals surface area contributed by atoms with E-state index in [1.165, 1.54) is 25.7 Å². The van der Waals surface area contributed by atoms with Crippen LogP contribution in [0.25, 0.3) is 0 Å². The Morgan fingerprint density at radius 1 is 1.41 bits per heavy atom. The fraction of sp³-hybridized carbons (Fsp3) is 0.625. The van der Waals surface area contributed by atoms with Crippen molar-refractivity contribution in [3.8, 4) is 0 Å². The molecule has 0 saturated heterocycles. The molecule has 1 saturated carbocycles. The van der Waals surface area contributed by atoms with Gasteiger partial charge in [-0.3, -0.25) is 5.01 Å². The van der Waals surface area contributed by atoms with Crippen LogP contribution in [0.2, 0.25) is 0 Å². The summed E-state index contributed by atoms with van der Waals surface area (Å²) in [4.78, 5) is 16.3. The highest BCUT2D eigenvalue weighted by Gasteiger charge is 2.28. The number of halogens is 1. The van der Waals surface area contributed by atoms with E-state index in [9.17, 15) is 4.79 Å². The molecule has 0 unspecified atom stereocenters. The van der Waals surface area contributed by atoms with Crippen molar-refractivity contribution in [3.63, 3.8) is 0 Å². The number of hydrogen-bond acceptors (Lipinski definition) is 5. The van der Waals surface area contributed by atoms with Gasteiger partial charge < -0.3 is 4.74 Å². The van der Waals surface area contributed by atoms with Crippen LogP contribution in [0.5, 0.6) is 0 Å². The number of esters is 1. The Kier molecular flexibility index (Phi) is 6.20. The van der Waals surface area contributed by atoms with Gasteiger partial charge in [-0.15, -0.1) is 0 Å². The average molecular weight is 370 g/mol. The molecule has 1 aliphatic heterocycles. The summed E-state index contributed by atoms with van der Waals surface area (Å²) < 4.78 is 5.96. The van der Waals surface area contributed by atoms with Gasteiger partial charge in [-0.25, -0.2) is 15.6 Å². The molecule has 0 amide bonds. The number of rotatable bonds is 3. The van der Waals surface area contributed by atoms with Crippen molar-refractivity contribution in [1.82, 2.24) is 5.01 Å². The molecule has 0 aromatic carbocycles. The van der Waals surface area contributed by atoms with Gasteiger partial charge in [0.1, 0.15) is 0 Å². The molecule has 22 heavy (non-hydrogen) atoms. The first-order valence-corrected chi connectivity index (χ1v) is 8.72. The van der Waals surface area contributed by atoms with Crippen molar-refractivity contribution < 1.29 is 9.53 Å². The lowest BCUT2D eigenvalue weighted by atomic mass is 9.95. The highest BCUT2D eigenvalue weighted by atomic mass is 79.9. The molecule has 0 radical (unpaired) electrons. The molecule has 1 aliphatic carbocycles. The Labute approximate surface area is 140 Å². The summed E-state index contributed by atoms with van der Waals surface area (Å²) in [6.45, 7) is 3.83. The SMILES string of the molecule is CCOC(=O)/C(C)=C1\N=CC(Br)=C(C2CCCCCC2)N1N. The number of allylic oxidation sites excluding steroid dienone is 2. The van der Waals surface area contributed by atoms with Crippen molar-refractivity contribution in [3.05, 3.63) is 21.6 Å². The normalized spacial score (nSPS) is 22.6. The van der Waals surface area contributed by atoms with Crippen LogP contribution in [0, 0.1) is 5.92 Å². The number of hydrogen-bond donors (Lipinski definition) is 1. The monoisotopic (exact) mass is 369 g/mol. The molecule has 0 spiro atoms. The first-order valence-electron chi connectivity index (χ1n) is 7.92. The van der Waals surface area contributed by atoms with Gasteiger partial charge in [0.05, 0.1) is 22.4 Å². The third kappa shape index (κ3) is 3.79. The molecule has 1 fully saturated rings. The van der Waals surface area contributed by atoms with E-state index in [0.717, 1.165) is 23.0 Å². The lowest BCUT2D eigenvalue weighted by molar-refractivity contribution is -0.138. The van der Waals surface area contributed by atoms with E-state index in [2.05, 4.69) is 20.9 Å². The molecule has 2 N–H and O–H groups in total. The van der Waals surface area contributed by atoms with Crippen LogP contribution in [0.15, 0.2) is 26.6 Å². The van der Waals surface area contributed by atoms with E-state index < -0.39 is 0 Å². The van der Waals surface area contributed by atoms with Gasteiger partial charge in [-0.05, 0) is 42.6 Å². The molecule has 2 rings (SSSR count). The quantitative estimate of drug-likeness (QED) is 0.357. The number of ether oxygens (including phenoxy) is 1. The van der Waals surface area contributed by atoms with E-state index in [0.29, 0.717) is 23.9 Å². The Hall–Kier alpha value is -1.14. The van der Waals surface area contributed by atoms with Gasteiger partial charge in [0.25, 0.3) is 0 Å². The third-order valence-electron chi connectivity index (χ3n) is 4.19. The zero-order chi connectivity index (χ0) is 16.1. The second kappa shape index (κ2) is 7.92. The number of nitrogens with two attached hydrogens (primary N) is 1. The van der Waals surface area contributed by atoms with Gasteiger partial charge in [0.2, 0.25) is 0 Å². The summed E-state index contributed by atoms with van der Waals surface area (Å²) in [7, 11) is 0. The molecule has 122 valence electrons. The first kappa shape index (κ1) is 17.2. The summed E-state index contributed by atoms with van der Waals surface area (Å²) in [5.74, 6) is 6.80. The molecule has 5 nitrogen and oxygen atoms in total. The maximum Gasteiger partial charge on any atom is 0.337 e. The Balaban J connectivity index is 2.28. The van der Waals surface area contributed by atoms with E-state index >= 15 is 0 Å². The molecular formula is C16H24BrN3O2. The van der Waals surface area contributed by atoms with Gasteiger partial charge in [0, 0.05) is 12.1 Å². The average Bonchev–Trinajstić information content (AvgIpc) is 2.76. The minimum atomic E-state index is -0.372. The summed E-state index contributed by atoms with van der Waals surface area (Å²) >= 11 is 3.57. The van der Waals surface area contributed by atoms with Crippen LogP contribution in [0.4, 0.5) is 0 Å². The number of carbonyl (C=O) groups excluding carboxylic acids is 1. The molecular weight excluding hydrogens is 346 g/mol. The topological polar surface area (TPSA) is 67.9 Å². The lowest BCUT2D eigenvalue weighted by Gasteiger charge is -2.32. The highest BCUT2D eigenvalue weighted by molar-refractivity contribution is 9.12. The Morgan fingerprint density at radius 2 is 2.05 bits per heavy atom. The van der Waals surface area contributed by atoms with Gasteiger partial charge in [0.15, 0.2) is 5.82 Å². The lowest BCUT2D eigenvalue weighted by Crippen LogP contribution is -2.36. The van der Waals surface area contributed by atoms with Crippen molar-refractivity contribution in [2.45, 2.75) is 52.4 Å². The van der Waals surface area contributed by atoms with Crippen molar-refractivity contribution in [2.24, 2.45) is 16.8 Å². The van der Waals surface area contributed by atoms with Gasteiger partial charge >= 0.3 is 5.97 Å². The highest BCUT2D eigenvalue weighted by Crippen LogP contribution is 2.36. The minimum Gasteiger partial charge on any atom is -0.463 e. The fourth-order valence-corrected chi connectivity index (χ4v) is 3.65. The first-order chi connectivity index (χ1) is 10.6. The molecule has 6 heteroatoms. The molecule has 0 aromatic heterocycles. The predicted octanol–water partition coefficient (Wildman–Crippen LogP) is 3.62. The molecule has 0 atom stereocenters. The van der Waals surface area contributed by atoms with Crippen molar-refractivity contribution in [1.29, 1.82) is 0 Å². The second-order valence-electron chi connectivity index (χ2n) is 5.72. The molecule has 1 heterocycles. The van der Waals surface area contributed by atoms with Gasteiger partial charge in [-0.1, -0.05) is 25.7 Å². The number of aliphatic imine (C=N–C) groups is 1. The van der Waals surface area contributed by atoms with Crippen LogP contribution >= 0.6 is 15.9 Å². The molecule has 2 aliphatic rings. The summed E-state index contributed by atoms with van der Waals surface area (Å²) in [6.07, 6.45) is 8.98. The zero-order valence-electron chi connectivity index (χ0n) is 13.3. The Bertz CT molecular complexity index is 517. The van der Waals surface area contributed by atoms with E-state index in [1.54, 1.807) is 25.1 Å². The zero-order valence-corrected chi connectivity index (χ0v) is 14.9. The summed E-state index contributed by atoms with van der Waals surface area (Å²) in [5, 5.41) is 1.56. The van der Waals surface area contributed by atoms with E-state index in [1.807, 2.05) is 0 Å². The number of nitrogens with zero attached hydrogens (tertiary/aromatic N) is 2. The van der Waals surface area contributed by atoms with Crippen LogP contribution in [0.3, 0.4) is 0 Å². The van der Waals surface area contributed by atoms with Crippen LogP contribution in [-0.4, -0.2) is 23.8 Å². The maximum atomic E-state index is 11.9. The van der Waals surface area contributed by atoms with E-state index in [4.69, 9.17) is 10.6 Å². The summed E-state index contributed by atoms with van der Waals surface area (Å²) in [5.41, 5.74) is 1.46. The molecule has 0 bridgehead atoms. The Morgan fingerprint density at radius 3 is 2.64 bits per heavy atom. The van der Waals surface area contributed by atoms with Crippen LogP contribution in [-0.2, 0) is 9.53 Å². The maximum absolute atomic E-state index is 11.9. The number of carbonyl (C=O) groups is 1. The fourth-order valence-electron chi connectivity index (χ4n) is 3.03. The van der Waals surface area contributed by atoms with Crippen molar-refractivity contribution >= 4 is 28.1 Å². The predicted molar refractivity (Wildman–Crippen MR) is 91.0 cm³/mol. The smallest absolute Gasteiger partial charge is 0.337 e. The molecule has 0 aromatic rings. The standard InChI is InChI=1S/C16H24BrN3O2/c1-3-22-16(21)11(2)15-19-10-13(17)14(20(15)18)12-8-6-4-5-7-9-12/h10,12H,3-9,18H2,1-2H3/b15-11+. The van der Waals surface area contributed by atoms with Crippen molar-refractivity contribution in [2.75, 3.05) is 6.61 Å². The van der Waals surface area contributed by atoms with Crippen LogP contribution in [0.1, 0.15) is 52.4 Å². The second-order valence-corrected chi connectivity index (χ2v) is 6.57.